The number of carboxylic acid groups (broad SMARTS) is 1. The van der Waals surface area contributed by atoms with Crippen LogP contribution in [0.15, 0.2) is 30.5 Å². The third-order valence-electron chi connectivity index (χ3n) is 6.01. The van der Waals surface area contributed by atoms with Gasteiger partial charge in [-0.3, -0.25) is 14.4 Å². The van der Waals surface area contributed by atoms with Gasteiger partial charge in [-0.1, -0.05) is 18.2 Å². The number of nitrogens with zero attached hydrogens (tertiary/aromatic N) is 1. The highest BCUT2D eigenvalue weighted by atomic mass is 16.4. The van der Waals surface area contributed by atoms with E-state index in [9.17, 15) is 29.4 Å². The molecule has 1 aromatic carbocycles. The molecule has 1 aliphatic rings. The van der Waals surface area contributed by atoms with Crippen LogP contribution in [0.4, 0.5) is 0 Å². The Balaban J connectivity index is 1.83. The fraction of sp³-hybridized carbons (Fsp3) is 0.478. The van der Waals surface area contributed by atoms with Gasteiger partial charge < -0.3 is 36.5 Å². The molecule has 1 aromatic heterocycles. The molecule has 0 saturated carbocycles. The quantitative estimate of drug-likeness (QED) is 0.284. The predicted octanol–water partition coefficient (Wildman–Crippen LogP) is -0.516. The van der Waals surface area contributed by atoms with Crippen LogP contribution in [-0.4, -0.2) is 80.6 Å². The maximum absolute atomic E-state index is 13.2. The first-order valence-electron chi connectivity index (χ1n) is 11.2. The zero-order valence-electron chi connectivity index (χ0n) is 19.2. The number of amides is 3. The van der Waals surface area contributed by atoms with E-state index >= 15 is 0 Å². The highest BCUT2D eigenvalue weighted by Crippen LogP contribution is 2.21. The minimum atomic E-state index is -1.37. The number of H-pyrrole nitrogens is 1. The van der Waals surface area contributed by atoms with Crippen molar-refractivity contribution in [3.8, 4) is 0 Å². The average molecular weight is 474 g/mol. The highest BCUT2D eigenvalue weighted by molar-refractivity contribution is 5.95. The summed E-state index contributed by atoms with van der Waals surface area (Å²) in [5.41, 5.74) is 7.30. The summed E-state index contributed by atoms with van der Waals surface area (Å²) in [6.45, 7) is 3.04. The lowest BCUT2D eigenvalue weighted by molar-refractivity contribution is -0.150. The maximum Gasteiger partial charge on any atom is 0.326 e. The van der Waals surface area contributed by atoms with E-state index in [4.69, 9.17) is 5.73 Å². The largest absolute Gasteiger partial charge is 0.480 e. The molecule has 7 N–H and O–H groups in total. The Labute approximate surface area is 196 Å². The Hall–Kier alpha value is -3.44. The molecule has 5 unspecified atom stereocenters. The number of carbonyl (C=O) groups excluding carboxylic acids is 3. The van der Waals surface area contributed by atoms with Crippen LogP contribution in [0.25, 0.3) is 10.9 Å². The van der Waals surface area contributed by atoms with E-state index in [-0.39, 0.29) is 13.0 Å². The summed E-state index contributed by atoms with van der Waals surface area (Å²) in [4.78, 5) is 54.4. The van der Waals surface area contributed by atoms with Gasteiger partial charge in [-0.15, -0.1) is 0 Å². The number of aliphatic carboxylic acids is 1. The first-order valence-corrected chi connectivity index (χ1v) is 11.2. The second-order valence-corrected chi connectivity index (χ2v) is 8.67. The number of hydrogen-bond donors (Lipinski definition) is 6. The summed E-state index contributed by atoms with van der Waals surface area (Å²) in [6, 6.07) is 3.15. The summed E-state index contributed by atoms with van der Waals surface area (Å²) in [5, 5.41) is 25.6. The lowest BCUT2D eigenvalue weighted by atomic mass is 10.0. The number of hydrogen-bond acceptors (Lipinski definition) is 6. The lowest BCUT2D eigenvalue weighted by Crippen LogP contribution is -2.60. The summed E-state index contributed by atoms with van der Waals surface area (Å²) in [7, 11) is 0. The highest BCUT2D eigenvalue weighted by Gasteiger charge is 2.40. The molecule has 3 rings (SSSR count). The molecular weight excluding hydrogens is 442 g/mol. The zero-order valence-corrected chi connectivity index (χ0v) is 19.2. The molecule has 0 radical (unpaired) electrons. The normalized spacial score (nSPS) is 19.3. The fourth-order valence-corrected chi connectivity index (χ4v) is 4.14. The van der Waals surface area contributed by atoms with Crippen molar-refractivity contribution in [1.29, 1.82) is 0 Å². The van der Waals surface area contributed by atoms with Crippen LogP contribution >= 0.6 is 0 Å². The Morgan fingerprint density at radius 2 is 1.88 bits per heavy atom. The molecule has 2 aromatic rings. The Morgan fingerprint density at radius 1 is 1.18 bits per heavy atom. The van der Waals surface area contributed by atoms with Gasteiger partial charge in [-0.25, -0.2) is 4.79 Å². The van der Waals surface area contributed by atoms with Gasteiger partial charge >= 0.3 is 5.97 Å². The van der Waals surface area contributed by atoms with Gasteiger partial charge in [0.1, 0.15) is 18.1 Å². The molecule has 1 fully saturated rings. The number of aromatic amines is 1. The molecule has 184 valence electrons. The van der Waals surface area contributed by atoms with Crippen LogP contribution in [0.2, 0.25) is 0 Å². The van der Waals surface area contributed by atoms with Crippen LogP contribution < -0.4 is 16.4 Å². The molecule has 1 saturated heterocycles. The van der Waals surface area contributed by atoms with Crippen molar-refractivity contribution in [2.45, 2.75) is 63.4 Å². The molecule has 0 aliphatic carbocycles. The molecule has 11 heteroatoms. The third-order valence-corrected chi connectivity index (χ3v) is 6.01. The SMILES string of the molecule is CC(N)C(=O)NC(Cc1c[nH]c2ccccc12)C(=O)NC(C(=O)N1CCCC1C(=O)O)C(C)O. The summed E-state index contributed by atoms with van der Waals surface area (Å²) < 4.78 is 0. The number of aromatic nitrogens is 1. The molecule has 3 amide bonds. The van der Waals surface area contributed by atoms with Crippen molar-refractivity contribution in [3.63, 3.8) is 0 Å². The van der Waals surface area contributed by atoms with E-state index in [1.165, 1.54) is 13.8 Å². The van der Waals surface area contributed by atoms with Crippen molar-refractivity contribution in [2.24, 2.45) is 5.73 Å². The zero-order chi connectivity index (χ0) is 25.0. The smallest absolute Gasteiger partial charge is 0.326 e. The van der Waals surface area contributed by atoms with Crippen LogP contribution in [0.5, 0.6) is 0 Å². The standard InChI is InChI=1S/C23H31N5O6/c1-12(24)20(30)26-17(10-14-11-25-16-7-4-3-6-15(14)16)21(31)27-19(13(2)29)22(32)28-9-5-8-18(28)23(33)34/h3-4,6-7,11-13,17-19,25,29H,5,8-10,24H2,1-2H3,(H,26,30)(H,27,31)(H,33,34). The van der Waals surface area contributed by atoms with Gasteiger partial charge in [-0.2, -0.15) is 0 Å². The van der Waals surface area contributed by atoms with Gasteiger partial charge in [-0.05, 0) is 38.3 Å². The van der Waals surface area contributed by atoms with Gasteiger partial charge in [0.15, 0.2) is 0 Å². The van der Waals surface area contributed by atoms with E-state index in [0.717, 1.165) is 21.4 Å². The average Bonchev–Trinajstić information content (AvgIpc) is 3.44. The molecule has 0 bridgehead atoms. The van der Waals surface area contributed by atoms with Gasteiger partial charge in [0.2, 0.25) is 17.7 Å². The topological polar surface area (TPSA) is 178 Å². The van der Waals surface area contributed by atoms with E-state index < -0.39 is 54.0 Å². The molecule has 11 nitrogen and oxygen atoms in total. The van der Waals surface area contributed by atoms with E-state index in [2.05, 4.69) is 15.6 Å². The number of fused-ring (bicyclic) bond motifs is 1. The Bertz CT molecular complexity index is 1070. The van der Waals surface area contributed by atoms with Crippen LogP contribution in [0, 0.1) is 0 Å². The van der Waals surface area contributed by atoms with Crippen molar-refractivity contribution in [3.05, 3.63) is 36.0 Å². The van der Waals surface area contributed by atoms with E-state index in [0.29, 0.717) is 12.8 Å². The van der Waals surface area contributed by atoms with Crippen molar-refractivity contribution >= 4 is 34.6 Å². The second-order valence-electron chi connectivity index (χ2n) is 8.67. The Morgan fingerprint density at radius 3 is 2.53 bits per heavy atom. The minimum absolute atomic E-state index is 0.108. The fourth-order valence-electron chi connectivity index (χ4n) is 4.14. The van der Waals surface area contributed by atoms with Crippen molar-refractivity contribution in [2.75, 3.05) is 6.54 Å². The molecule has 34 heavy (non-hydrogen) atoms. The monoisotopic (exact) mass is 473 g/mol. The number of likely N-dealkylation sites (tertiary alicyclic amines) is 1. The van der Waals surface area contributed by atoms with Crippen LogP contribution in [0.3, 0.4) is 0 Å². The number of rotatable bonds is 9. The number of aliphatic hydroxyl groups is 1. The van der Waals surface area contributed by atoms with Crippen molar-refractivity contribution in [1.82, 2.24) is 20.5 Å². The third kappa shape index (κ3) is 5.54. The lowest BCUT2D eigenvalue weighted by Gasteiger charge is -2.30. The second kappa shape index (κ2) is 10.7. The molecule has 5 atom stereocenters. The molecule has 0 spiro atoms. The van der Waals surface area contributed by atoms with Crippen LogP contribution in [0.1, 0.15) is 32.3 Å². The summed E-state index contributed by atoms with van der Waals surface area (Å²) in [5.74, 6) is -3.06. The van der Waals surface area contributed by atoms with E-state index in [1.54, 1.807) is 6.20 Å². The molecule has 1 aliphatic heterocycles. The number of para-hydroxylation sites is 1. The maximum atomic E-state index is 13.2. The summed E-state index contributed by atoms with van der Waals surface area (Å²) >= 11 is 0. The summed E-state index contributed by atoms with van der Waals surface area (Å²) in [6.07, 6.45) is 1.37. The van der Waals surface area contributed by atoms with Crippen LogP contribution in [-0.2, 0) is 25.6 Å². The number of nitrogens with two attached hydrogens (primary N) is 1. The number of carbonyl (C=O) groups is 4. The Kier molecular flexibility index (Phi) is 7.90. The minimum Gasteiger partial charge on any atom is -0.480 e. The number of aliphatic hydroxyl groups excluding tert-OH is 1. The van der Waals surface area contributed by atoms with Gasteiger partial charge in [0.05, 0.1) is 12.1 Å². The van der Waals surface area contributed by atoms with Crippen molar-refractivity contribution < 1.29 is 29.4 Å². The van der Waals surface area contributed by atoms with E-state index in [1.807, 2.05) is 24.3 Å². The van der Waals surface area contributed by atoms with Gasteiger partial charge in [0.25, 0.3) is 0 Å². The first kappa shape index (κ1) is 25.2. The molecular formula is C23H31N5O6. The number of carboxylic acids is 1. The number of nitrogens with one attached hydrogen (secondary N) is 3. The first-order chi connectivity index (χ1) is 16.1. The van der Waals surface area contributed by atoms with Gasteiger partial charge in [0, 0.05) is 30.1 Å². The predicted molar refractivity (Wildman–Crippen MR) is 124 cm³/mol. The number of benzene rings is 1. The molecule has 2 heterocycles.